The van der Waals surface area contributed by atoms with Crippen LogP contribution in [0, 0.1) is 16.7 Å². The van der Waals surface area contributed by atoms with Crippen molar-refractivity contribution >= 4 is 249 Å². The number of carbonyl (C=O) groups is 1. The lowest BCUT2D eigenvalue weighted by Gasteiger charge is -2.67. The number of carbonyl (C=O) groups excluding carboxylic acids is 1. The van der Waals surface area contributed by atoms with Crippen LogP contribution in [0.3, 0.4) is 0 Å². The lowest BCUT2D eigenvalue weighted by Crippen LogP contribution is -2.78. The standard InChI is InChI=1S/C21H60O8P30/c1-9-10(27-49(57(45)53(37)38)59(55(41)42)56(43)44)7-21-16(25-17(22)26-21)15-19(4,12(5-13-20(15,23)8-24-13)29-47(50(31)32)51(33)34)6-11(14(9)18(21,2)3)28-48(52(35)36)58(46-30)54(39)40/h10-13,15-16,23,46H,5-8,30-45H2,1-4H3/t10?,11?,12?,13?,15?,16?,19-,20?,21?,48?,49?,57?,58?/m1/s1. The first kappa shape index (κ1) is 61.6. The second-order valence-corrected chi connectivity index (χ2v) is 122. The third-order valence-electron chi connectivity index (χ3n) is 11.5. The van der Waals surface area contributed by atoms with Gasteiger partial charge in [0.25, 0.3) is 0 Å². The average Bonchev–Trinajstić information content (AvgIpc) is 3.43. The molecule has 2 saturated carbocycles. The molecule has 38 heteroatoms. The Morgan fingerprint density at radius 2 is 1.29 bits per heavy atom. The van der Waals surface area contributed by atoms with Crippen LogP contribution < -0.4 is 0 Å². The number of rotatable bonds is 17. The SMILES string of the molecule is CC1=C2C(OP(P(P)P)P(PP)P(P)P)C[C@]3(C)C(OP(P(P)P)P(P)P)CC4OCC4(O)C3C3OC(=O)OC3(CC1OP(P(P)P(P)P)P(P(P)P)P(P)P)C2(C)C. The van der Waals surface area contributed by atoms with Gasteiger partial charge in [0.1, 0.15) is 5.60 Å². The summed E-state index contributed by atoms with van der Waals surface area (Å²) in [5, 5.41) is 13.1. The molecule has 2 saturated heterocycles. The van der Waals surface area contributed by atoms with Crippen LogP contribution in [0.1, 0.15) is 47.0 Å². The molecule has 4 fully saturated rings. The summed E-state index contributed by atoms with van der Waals surface area (Å²) in [6.45, 7) is 4.30. The van der Waals surface area contributed by atoms with Crippen molar-refractivity contribution in [1.82, 2.24) is 0 Å². The smallest absolute Gasteiger partial charge is 0.426 e. The van der Waals surface area contributed by atoms with Gasteiger partial charge in [-0.05, 0) is 73.4 Å². The molecule has 342 valence electrons. The highest BCUT2D eigenvalue weighted by atomic mass is 33.2. The average molecular weight is 1370 g/mol. The van der Waals surface area contributed by atoms with Crippen molar-refractivity contribution in [3.05, 3.63) is 11.1 Å². The number of hydrogen-bond donors (Lipinski definition) is 1. The molecule has 0 radical (unpaired) electrons. The van der Waals surface area contributed by atoms with Crippen LogP contribution >= 0.6 is 243 Å². The highest BCUT2D eigenvalue weighted by molar-refractivity contribution is 9.19. The van der Waals surface area contributed by atoms with Gasteiger partial charge in [-0.1, -0.05) is 37.7 Å². The fourth-order valence-electron chi connectivity index (χ4n) is 9.08. The predicted octanol–water partition coefficient (Wildman–Crippen LogP) is 19.1. The molecule has 0 aromatic rings. The highest BCUT2D eigenvalue weighted by Crippen LogP contribution is 3.18. The molecule has 1 spiro atoms. The predicted molar refractivity (Wildman–Crippen MR) is 349 cm³/mol. The summed E-state index contributed by atoms with van der Waals surface area (Å²) in [7, 11) is 47.7. The third kappa shape index (κ3) is 13.2. The zero-order valence-electron chi connectivity index (χ0n) is 32.6. The Morgan fingerprint density at radius 3 is 1.75 bits per heavy atom. The van der Waals surface area contributed by atoms with E-state index in [0.717, 1.165) is 5.57 Å². The lowest BCUT2D eigenvalue weighted by molar-refractivity contribution is -0.339. The van der Waals surface area contributed by atoms with E-state index in [9.17, 15) is 9.90 Å². The van der Waals surface area contributed by atoms with Crippen LogP contribution in [-0.4, -0.2) is 59.6 Å². The second-order valence-electron chi connectivity index (χ2n) is 15.1. The van der Waals surface area contributed by atoms with Gasteiger partial charge in [-0.15, -0.1) is 134 Å². The minimum absolute atomic E-state index is 0.173. The monoisotopic (exact) mass is 1370 g/mol. The minimum Gasteiger partial charge on any atom is -0.426 e. The van der Waals surface area contributed by atoms with Crippen molar-refractivity contribution in [2.75, 3.05) is 6.61 Å². The number of fused-ring (bicyclic) bond motifs is 5. The van der Waals surface area contributed by atoms with Gasteiger partial charge in [-0.3, -0.25) is 0 Å². The maximum absolute atomic E-state index is 14.1. The zero-order chi connectivity index (χ0) is 44.5. The summed E-state index contributed by atoms with van der Waals surface area (Å²) < 4.78 is 42.8. The molecule has 0 aromatic carbocycles. The van der Waals surface area contributed by atoms with Crippen LogP contribution in [0.15, 0.2) is 11.1 Å². The van der Waals surface area contributed by atoms with Gasteiger partial charge in [0, 0.05) is 50.6 Å². The number of hydrogen-bond acceptors (Lipinski definition) is 8. The Bertz CT molecular complexity index is 1510. The van der Waals surface area contributed by atoms with Gasteiger partial charge in [-0.25, -0.2) is 4.79 Å². The van der Waals surface area contributed by atoms with Crippen molar-refractivity contribution in [1.29, 1.82) is 0 Å². The molecule has 59 heavy (non-hydrogen) atoms. The van der Waals surface area contributed by atoms with Crippen molar-refractivity contribution in [2.45, 2.75) is 88.7 Å². The third-order valence-corrected chi connectivity index (χ3v) is 152. The fourth-order valence-corrected chi connectivity index (χ4v) is 204. The Kier molecular flexibility index (Phi) is 27.0. The summed E-state index contributed by atoms with van der Waals surface area (Å²) in [4.78, 5) is 14.1. The topological polar surface area (TPSA) is 92.7 Å². The van der Waals surface area contributed by atoms with Gasteiger partial charge in [0.15, 0.2) is 11.7 Å². The molecule has 2 aliphatic heterocycles. The van der Waals surface area contributed by atoms with Gasteiger partial charge in [-0.2, -0.15) is 0 Å². The Labute approximate surface area is 406 Å². The number of aliphatic hydroxyl groups is 1. The molecule has 30 atom stereocenters. The Morgan fingerprint density at radius 1 is 0.729 bits per heavy atom. The van der Waals surface area contributed by atoms with Crippen LogP contribution in [0.5, 0.6) is 0 Å². The van der Waals surface area contributed by atoms with Gasteiger partial charge < -0.3 is 32.9 Å². The van der Waals surface area contributed by atoms with E-state index in [2.05, 4.69) is 171 Å². The molecule has 1 N–H and O–H groups in total. The van der Waals surface area contributed by atoms with Crippen molar-refractivity contribution in [3.8, 4) is 0 Å². The molecule has 3 aliphatic carbocycles. The summed E-state index contributed by atoms with van der Waals surface area (Å²) in [6, 6.07) is 0. The lowest BCUT2D eigenvalue weighted by atomic mass is 9.45. The summed E-state index contributed by atoms with van der Waals surface area (Å²) >= 11 is 0. The highest BCUT2D eigenvalue weighted by Gasteiger charge is 2.78. The number of ether oxygens (including phenoxy) is 3. The zero-order valence-corrected chi connectivity index (χ0v) is 63.8. The molecule has 2 bridgehead atoms. The molecule has 5 rings (SSSR count). The molecule has 8 nitrogen and oxygen atoms in total. The van der Waals surface area contributed by atoms with Gasteiger partial charge in [0.05, 0.1) is 53.6 Å². The molecule has 2 heterocycles. The molecule has 0 aromatic heterocycles. The summed E-state index contributed by atoms with van der Waals surface area (Å²) in [5.41, 5.74) is -1.45. The Hall–Kier alpha value is 11.7. The molecule has 0 amide bonds. The molecule has 5 aliphatic rings. The van der Waals surface area contributed by atoms with E-state index in [4.69, 9.17) is 27.8 Å². The Balaban J connectivity index is 1.83. The maximum atomic E-state index is 14.1. The first-order valence-electron chi connectivity index (χ1n) is 17.2. The largest absolute Gasteiger partial charge is 0.509 e. The fraction of sp³-hybridized carbons (Fsp3) is 0.857. The molecule has 29 unspecified atom stereocenters. The normalized spacial score (nSPS) is 36.7. The van der Waals surface area contributed by atoms with Crippen molar-refractivity contribution < 1.29 is 37.7 Å². The summed E-state index contributed by atoms with van der Waals surface area (Å²) in [5.74, 6) is -0.545. The van der Waals surface area contributed by atoms with E-state index >= 15 is 0 Å². The van der Waals surface area contributed by atoms with Crippen molar-refractivity contribution in [2.24, 2.45) is 16.7 Å². The minimum atomic E-state index is -1.25. The van der Waals surface area contributed by atoms with E-state index in [-0.39, 0.29) is 24.9 Å². The van der Waals surface area contributed by atoms with Crippen LogP contribution in [0.2, 0.25) is 0 Å². The second kappa shape index (κ2) is 25.9. The van der Waals surface area contributed by atoms with Crippen molar-refractivity contribution in [3.63, 3.8) is 0 Å². The van der Waals surface area contributed by atoms with E-state index in [0.29, 0.717) is 27.2 Å². The molecular formula is C21H60O8P30. The van der Waals surface area contributed by atoms with Gasteiger partial charge in [0.2, 0.25) is 0 Å². The first-order chi connectivity index (χ1) is 27.2. The van der Waals surface area contributed by atoms with Crippen LogP contribution in [-0.2, 0) is 27.8 Å². The van der Waals surface area contributed by atoms with E-state index < -0.39 is 139 Å². The van der Waals surface area contributed by atoms with Crippen LogP contribution in [0.25, 0.3) is 0 Å². The van der Waals surface area contributed by atoms with Gasteiger partial charge >= 0.3 is 6.16 Å². The van der Waals surface area contributed by atoms with E-state index in [1.165, 1.54) is 5.57 Å². The van der Waals surface area contributed by atoms with E-state index in [1.807, 2.05) is 0 Å². The van der Waals surface area contributed by atoms with Crippen LogP contribution in [0.4, 0.5) is 4.79 Å². The summed E-state index contributed by atoms with van der Waals surface area (Å²) in [6.07, 6.45) is -1.26. The maximum Gasteiger partial charge on any atom is 0.509 e. The van der Waals surface area contributed by atoms with E-state index in [1.54, 1.807) is 0 Å². The molecular weight excluding hydrogens is 1310 g/mol. The quantitative estimate of drug-likeness (QED) is 0.0875. The first-order valence-corrected chi connectivity index (χ1v) is 69.4.